The molecule has 1 aromatic rings. The van der Waals surface area contributed by atoms with Crippen molar-refractivity contribution in [1.82, 2.24) is 5.32 Å². The molecule has 4 heteroatoms. The van der Waals surface area contributed by atoms with Crippen LogP contribution in [0.4, 0.5) is 0 Å². The van der Waals surface area contributed by atoms with Gasteiger partial charge in [-0.1, -0.05) is 24.6 Å². The Balaban J connectivity index is 2.78. The highest BCUT2D eigenvalue weighted by Crippen LogP contribution is 2.21. The molecule has 1 N–H and O–H groups in total. The van der Waals surface area contributed by atoms with Crippen LogP contribution in [0.2, 0.25) is 0 Å². The number of rotatable bonds is 7. The average molecular weight is 265 g/mol. The summed E-state index contributed by atoms with van der Waals surface area (Å²) in [5, 5.41) is 3.34. The number of hydrogen-bond acceptors (Lipinski definition) is 4. The van der Waals surface area contributed by atoms with E-state index in [2.05, 4.69) is 23.0 Å². The molecule has 0 saturated heterocycles. The molecule has 0 aliphatic rings. The highest BCUT2D eigenvalue weighted by Gasteiger charge is 2.16. The summed E-state index contributed by atoms with van der Waals surface area (Å²) >= 11 is 0. The summed E-state index contributed by atoms with van der Waals surface area (Å²) in [6.07, 6.45) is 0.484. The molecule has 0 aliphatic carbocycles. The molecular weight excluding hydrogens is 242 g/mol. The van der Waals surface area contributed by atoms with Gasteiger partial charge in [0.25, 0.3) is 0 Å². The van der Waals surface area contributed by atoms with E-state index in [0.29, 0.717) is 0 Å². The first kappa shape index (κ1) is 15.5. The molecule has 106 valence electrons. The Morgan fingerprint density at radius 3 is 2.79 bits per heavy atom. The van der Waals surface area contributed by atoms with Crippen LogP contribution in [0.5, 0.6) is 5.75 Å². The third kappa shape index (κ3) is 4.91. The molecule has 1 atom stereocenters. The number of esters is 1. The molecule has 0 aliphatic heterocycles. The summed E-state index contributed by atoms with van der Waals surface area (Å²) in [6, 6.07) is 5.95. The second-order valence-corrected chi connectivity index (χ2v) is 4.57. The van der Waals surface area contributed by atoms with Crippen LogP contribution < -0.4 is 10.1 Å². The Labute approximate surface area is 115 Å². The van der Waals surface area contributed by atoms with Crippen molar-refractivity contribution in [2.24, 2.45) is 0 Å². The third-order valence-corrected chi connectivity index (χ3v) is 2.80. The van der Waals surface area contributed by atoms with Crippen LogP contribution in [-0.2, 0) is 16.1 Å². The molecular formula is C15H23NO3. The van der Waals surface area contributed by atoms with Crippen LogP contribution in [0.1, 0.15) is 31.4 Å². The van der Waals surface area contributed by atoms with Gasteiger partial charge in [-0.2, -0.15) is 0 Å². The molecule has 0 amide bonds. The number of aryl methyl sites for hydroxylation is 1. The summed E-state index contributed by atoms with van der Waals surface area (Å²) in [5.41, 5.74) is 2.23. The fraction of sp³-hybridized carbons (Fsp3) is 0.533. The van der Waals surface area contributed by atoms with Crippen LogP contribution >= 0.6 is 0 Å². The molecule has 0 aromatic heterocycles. The van der Waals surface area contributed by atoms with Crippen LogP contribution in [-0.4, -0.2) is 25.7 Å². The lowest BCUT2D eigenvalue weighted by Crippen LogP contribution is -2.26. The van der Waals surface area contributed by atoms with E-state index in [1.807, 2.05) is 19.1 Å². The van der Waals surface area contributed by atoms with E-state index in [9.17, 15) is 4.79 Å². The van der Waals surface area contributed by atoms with E-state index in [1.165, 1.54) is 12.7 Å². The molecule has 19 heavy (non-hydrogen) atoms. The zero-order valence-electron chi connectivity index (χ0n) is 12.2. The van der Waals surface area contributed by atoms with E-state index in [4.69, 9.17) is 4.74 Å². The molecule has 1 aromatic carbocycles. The fourth-order valence-electron chi connectivity index (χ4n) is 1.77. The van der Waals surface area contributed by atoms with Crippen molar-refractivity contribution in [1.29, 1.82) is 0 Å². The van der Waals surface area contributed by atoms with Gasteiger partial charge in [0, 0.05) is 12.1 Å². The Hall–Kier alpha value is -1.55. The predicted octanol–water partition coefficient (Wildman–Crippen LogP) is 2.43. The normalized spacial score (nSPS) is 12.0. The number of benzene rings is 1. The molecule has 0 spiro atoms. The van der Waals surface area contributed by atoms with Crippen molar-refractivity contribution in [2.75, 3.05) is 13.7 Å². The maximum atomic E-state index is 11.4. The minimum atomic E-state index is -0.599. The summed E-state index contributed by atoms with van der Waals surface area (Å²) in [6.45, 7) is 7.55. The van der Waals surface area contributed by atoms with Crippen molar-refractivity contribution in [3.8, 4) is 5.75 Å². The maximum Gasteiger partial charge on any atom is 0.346 e. The van der Waals surface area contributed by atoms with Gasteiger partial charge < -0.3 is 14.8 Å². The van der Waals surface area contributed by atoms with E-state index >= 15 is 0 Å². The van der Waals surface area contributed by atoms with Crippen LogP contribution in [0.25, 0.3) is 0 Å². The van der Waals surface area contributed by atoms with Crippen LogP contribution in [0.15, 0.2) is 18.2 Å². The second kappa shape index (κ2) is 7.79. The zero-order chi connectivity index (χ0) is 14.3. The third-order valence-electron chi connectivity index (χ3n) is 2.80. The first-order chi connectivity index (χ1) is 9.08. The topological polar surface area (TPSA) is 47.6 Å². The van der Waals surface area contributed by atoms with Crippen molar-refractivity contribution >= 4 is 5.97 Å². The monoisotopic (exact) mass is 265 g/mol. The molecule has 0 fully saturated rings. The van der Waals surface area contributed by atoms with Crippen molar-refractivity contribution < 1.29 is 14.3 Å². The van der Waals surface area contributed by atoms with Gasteiger partial charge in [0.15, 0.2) is 6.10 Å². The molecule has 0 bridgehead atoms. The Morgan fingerprint density at radius 1 is 1.42 bits per heavy atom. The van der Waals surface area contributed by atoms with Crippen molar-refractivity contribution in [2.45, 2.75) is 39.8 Å². The number of methoxy groups -OCH3 is 1. The standard InChI is InChI=1S/C15H23NO3/c1-5-8-16-10-13-9-11(2)6-7-14(13)19-12(3)15(17)18-4/h6-7,9,12,16H,5,8,10H2,1-4H3. The van der Waals surface area contributed by atoms with Crippen molar-refractivity contribution in [3.63, 3.8) is 0 Å². The van der Waals surface area contributed by atoms with E-state index in [0.717, 1.165) is 30.8 Å². The molecule has 4 nitrogen and oxygen atoms in total. The number of carbonyl (C=O) groups is 1. The van der Waals surface area contributed by atoms with Gasteiger partial charge in [0.1, 0.15) is 5.75 Å². The lowest BCUT2D eigenvalue weighted by atomic mass is 10.1. The molecule has 0 radical (unpaired) electrons. The lowest BCUT2D eigenvalue weighted by molar-refractivity contribution is -0.147. The Morgan fingerprint density at radius 2 is 2.16 bits per heavy atom. The van der Waals surface area contributed by atoms with Crippen LogP contribution in [0, 0.1) is 6.92 Å². The van der Waals surface area contributed by atoms with Gasteiger partial charge >= 0.3 is 5.97 Å². The van der Waals surface area contributed by atoms with Gasteiger partial charge in [0.05, 0.1) is 7.11 Å². The number of nitrogens with one attached hydrogen (secondary N) is 1. The minimum Gasteiger partial charge on any atom is -0.479 e. The fourth-order valence-corrected chi connectivity index (χ4v) is 1.77. The SMILES string of the molecule is CCCNCc1cc(C)ccc1OC(C)C(=O)OC. The zero-order valence-corrected chi connectivity index (χ0v) is 12.2. The first-order valence-corrected chi connectivity index (χ1v) is 6.63. The second-order valence-electron chi connectivity index (χ2n) is 4.57. The number of ether oxygens (including phenoxy) is 2. The van der Waals surface area contributed by atoms with Crippen molar-refractivity contribution in [3.05, 3.63) is 29.3 Å². The molecule has 1 rings (SSSR count). The minimum absolute atomic E-state index is 0.368. The van der Waals surface area contributed by atoms with Crippen LogP contribution in [0.3, 0.4) is 0 Å². The van der Waals surface area contributed by atoms with Gasteiger partial charge in [-0.25, -0.2) is 4.79 Å². The van der Waals surface area contributed by atoms with E-state index in [-0.39, 0.29) is 5.97 Å². The largest absolute Gasteiger partial charge is 0.479 e. The van der Waals surface area contributed by atoms with Gasteiger partial charge in [-0.3, -0.25) is 0 Å². The predicted molar refractivity (Wildman–Crippen MR) is 75.3 cm³/mol. The van der Waals surface area contributed by atoms with Gasteiger partial charge in [-0.05, 0) is 32.9 Å². The quantitative estimate of drug-likeness (QED) is 0.607. The maximum absolute atomic E-state index is 11.4. The van der Waals surface area contributed by atoms with Gasteiger partial charge in [-0.15, -0.1) is 0 Å². The molecule has 0 saturated carbocycles. The van der Waals surface area contributed by atoms with E-state index < -0.39 is 6.10 Å². The lowest BCUT2D eigenvalue weighted by Gasteiger charge is -2.16. The highest BCUT2D eigenvalue weighted by atomic mass is 16.6. The highest BCUT2D eigenvalue weighted by molar-refractivity contribution is 5.74. The summed E-state index contributed by atoms with van der Waals surface area (Å²) in [5.74, 6) is 0.361. The summed E-state index contributed by atoms with van der Waals surface area (Å²) in [7, 11) is 1.36. The molecule has 1 unspecified atom stereocenters. The summed E-state index contributed by atoms with van der Waals surface area (Å²) in [4.78, 5) is 11.4. The Bertz CT molecular complexity index is 418. The van der Waals surface area contributed by atoms with Gasteiger partial charge in [0.2, 0.25) is 0 Å². The number of hydrogen-bond donors (Lipinski definition) is 1. The Kier molecular flexibility index (Phi) is 6.36. The van der Waals surface area contributed by atoms with E-state index in [1.54, 1.807) is 6.92 Å². The summed E-state index contributed by atoms with van der Waals surface area (Å²) < 4.78 is 10.3. The average Bonchev–Trinajstić information content (AvgIpc) is 2.40. The smallest absolute Gasteiger partial charge is 0.346 e. The number of carbonyl (C=O) groups excluding carboxylic acids is 1. The first-order valence-electron chi connectivity index (χ1n) is 6.63. The molecule has 0 heterocycles.